The third kappa shape index (κ3) is 6.57. The highest BCUT2D eigenvalue weighted by Crippen LogP contribution is 2.14. The molecule has 132 valence electrons. The van der Waals surface area contributed by atoms with Crippen LogP contribution in [0.2, 0.25) is 5.02 Å². The SMILES string of the molecule is CN(CC(=O)N(C)CC(=O)Nc1cccc(Cl)c1)Cc1ccccc1. The van der Waals surface area contributed by atoms with E-state index in [1.54, 1.807) is 31.3 Å². The van der Waals surface area contributed by atoms with Crippen molar-refractivity contribution in [2.75, 3.05) is 32.5 Å². The van der Waals surface area contributed by atoms with E-state index in [9.17, 15) is 9.59 Å². The maximum Gasteiger partial charge on any atom is 0.243 e. The number of halogens is 1. The van der Waals surface area contributed by atoms with E-state index in [1.807, 2.05) is 42.3 Å². The lowest BCUT2D eigenvalue weighted by atomic mass is 10.2. The van der Waals surface area contributed by atoms with Crippen molar-refractivity contribution in [3.63, 3.8) is 0 Å². The molecular weight excluding hydrogens is 338 g/mol. The third-order valence-corrected chi connectivity index (χ3v) is 3.85. The second-order valence-electron chi connectivity index (χ2n) is 5.97. The normalized spacial score (nSPS) is 10.6. The van der Waals surface area contributed by atoms with Crippen molar-refractivity contribution in [3.05, 3.63) is 65.2 Å². The van der Waals surface area contributed by atoms with Crippen molar-refractivity contribution in [1.82, 2.24) is 9.80 Å². The fourth-order valence-electron chi connectivity index (χ4n) is 2.37. The molecule has 0 spiro atoms. The summed E-state index contributed by atoms with van der Waals surface area (Å²) in [7, 11) is 3.50. The molecule has 2 amide bonds. The number of amides is 2. The Morgan fingerprint density at radius 3 is 2.40 bits per heavy atom. The van der Waals surface area contributed by atoms with E-state index in [4.69, 9.17) is 11.6 Å². The van der Waals surface area contributed by atoms with Crippen molar-refractivity contribution in [2.45, 2.75) is 6.54 Å². The molecule has 5 nitrogen and oxygen atoms in total. The quantitative estimate of drug-likeness (QED) is 0.827. The summed E-state index contributed by atoms with van der Waals surface area (Å²) in [5.41, 5.74) is 1.75. The van der Waals surface area contributed by atoms with E-state index >= 15 is 0 Å². The van der Waals surface area contributed by atoms with Crippen molar-refractivity contribution >= 4 is 29.1 Å². The number of anilines is 1. The van der Waals surface area contributed by atoms with Gasteiger partial charge in [0.2, 0.25) is 11.8 Å². The Kier molecular flexibility index (Phi) is 6.98. The highest BCUT2D eigenvalue weighted by molar-refractivity contribution is 6.30. The van der Waals surface area contributed by atoms with Crippen molar-refractivity contribution in [2.24, 2.45) is 0 Å². The molecule has 0 saturated carbocycles. The van der Waals surface area contributed by atoms with Crippen LogP contribution in [-0.4, -0.2) is 48.8 Å². The van der Waals surface area contributed by atoms with Gasteiger partial charge in [0.25, 0.3) is 0 Å². The molecule has 0 aliphatic rings. The predicted octanol–water partition coefficient (Wildman–Crippen LogP) is 2.87. The van der Waals surface area contributed by atoms with Crippen LogP contribution in [0.5, 0.6) is 0 Å². The number of nitrogens with zero attached hydrogens (tertiary/aromatic N) is 2. The topological polar surface area (TPSA) is 52.7 Å². The number of benzene rings is 2. The molecule has 1 N–H and O–H groups in total. The molecule has 0 atom stereocenters. The Hall–Kier alpha value is -2.37. The number of nitrogens with one attached hydrogen (secondary N) is 1. The van der Waals surface area contributed by atoms with Gasteiger partial charge in [-0.2, -0.15) is 0 Å². The first-order valence-corrected chi connectivity index (χ1v) is 8.33. The average molecular weight is 360 g/mol. The highest BCUT2D eigenvalue weighted by atomic mass is 35.5. The Balaban J connectivity index is 1.80. The van der Waals surface area contributed by atoms with Gasteiger partial charge >= 0.3 is 0 Å². The van der Waals surface area contributed by atoms with Gasteiger partial charge in [0.05, 0.1) is 13.1 Å². The molecule has 0 unspecified atom stereocenters. The van der Waals surface area contributed by atoms with Crippen LogP contribution in [0.1, 0.15) is 5.56 Å². The van der Waals surface area contributed by atoms with Crippen LogP contribution in [0.15, 0.2) is 54.6 Å². The minimum Gasteiger partial charge on any atom is -0.335 e. The van der Waals surface area contributed by atoms with Crippen molar-refractivity contribution in [1.29, 1.82) is 0 Å². The number of hydrogen-bond acceptors (Lipinski definition) is 3. The van der Waals surface area contributed by atoms with Gasteiger partial charge in [-0.25, -0.2) is 0 Å². The molecule has 0 aromatic heterocycles. The van der Waals surface area contributed by atoms with Crippen LogP contribution in [-0.2, 0) is 16.1 Å². The maximum atomic E-state index is 12.3. The lowest BCUT2D eigenvalue weighted by molar-refractivity contribution is -0.134. The second-order valence-corrected chi connectivity index (χ2v) is 6.40. The van der Waals surface area contributed by atoms with Gasteiger partial charge in [-0.15, -0.1) is 0 Å². The fourth-order valence-corrected chi connectivity index (χ4v) is 2.56. The van der Waals surface area contributed by atoms with Crippen LogP contribution < -0.4 is 5.32 Å². The Bertz CT molecular complexity index is 722. The summed E-state index contributed by atoms with van der Waals surface area (Å²) in [5.74, 6) is -0.372. The zero-order chi connectivity index (χ0) is 18.2. The predicted molar refractivity (Wildman–Crippen MR) is 100 cm³/mol. The summed E-state index contributed by atoms with van der Waals surface area (Å²) in [4.78, 5) is 27.7. The lowest BCUT2D eigenvalue weighted by Gasteiger charge is -2.21. The van der Waals surface area contributed by atoms with E-state index in [0.717, 1.165) is 5.56 Å². The molecule has 2 aromatic carbocycles. The summed E-state index contributed by atoms with van der Waals surface area (Å²) >= 11 is 5.89. The largest absolute Gasteiger partial charge is 0.335 e. The van der Waals surface area contributed by atoms with Crippen LogP contribution in [0.3, 0.4) is 0 Å². The van der Waals surface area contributed by atoms with Crippen LogP contribution >= 0.6 is 11.6 Å². The third-order valence-electron chi connectivity index (χ3n) is 3.62. The number of carbonyl (C=O) groups excluding carboxylic acids is 2. The minimum absolute atomic E-state index is 0.00940. The summed E-state index contributed by atoms with van der Waals surface area (Å²) < 4.78 is 0. The monoisotopic (exact) mass is 359 g/mol. The summed E-state index contributed by atoms with van der Waals surface area (Å²) in [6.45, 7) is 0.912. The van der Waals surface area contributed by atoms with Crippen LogP contribution in [0.4, 0.5) is 5.69 Å². The minimum atomic E-state index is -0.260. The summed E-state index contributed by atoms with van der Waals surface area (Å²) in [5, 5.41) is 3.28. The van der Waals surface area contributed by atoms with E-state index in [2.05, 4.69) is 5.32 Å². The molecule has 2 aromatic rings. The number of rotatable bonds is 7. The molecule has 0 aliphatic heterocycles. The van der Waals surface area contributed by atoms with Gasteiger partial charge in [-0.05, 0) is 30.8 Å². The molecule has 2 rings (SSSR count). The zero-order valence-corrected chi connectivity index (χ0v) is 15.2. The molecule has 25 heavy (non-hydrogen) atoms. The number of carbonyl (C=O) groups is 2. The molecule has 0 aliphatic carbocycles. The molecule has 6 heteroatoms. The van der Waals surface area contributed by atoms with Gasteiger partial charge in [-0.3, -0.25) is 14.5 Å². The highest BCUT2D eigenvalue weighted by Gasteiger charge is 2.15. The Labute approximate surface area is 153 Å². The first-order valence-electron chi connectivity index (χ1n) is 7.96. The maximum absolute atomic E-state index is 12.3. The molecule has 0 fully saturated rings. The number of hydrogen-bond donors (Lipinski definition) is 1. The first-order chi connectivity index (χ1) is 11.9. The van der Waals surface area contributed by atoms with Gasteiger partial charge in [0.15, 0.2) is 0 Å². The van der Waals surface area contributed by atoms with E-state index < -0.39 is 0 Å². The zero-order valence-electron chi connectivity index (χ0n) is 14.4. The molecular formula is C19H22ClN3O2. The van der Waals surface area contributed by atoms with Crippen molar-refractivity contribution in [3.8, 4) is 0 Å². The Morgan fingerprint density at radius 2 is 1.72 bits per heavy atom. The average Bonchev–Trinajstić information content (AvgIpc) is 2.55. The van der Waals surface area contributed by atoms with Crippen LogP contribution in [0, 0.1) is 0 Å². The first kappa shape index (κ1) is 19.0. The summed E-state index contributed by atoms with van der Waals surface area (Å²) in [6, 6.07) is 16.8. The van der Waals surface area contributed by atoms with Gasteiger partial charge in [0, 0.05) is 24.3 Å². The van der Waals surface area contributed by atoms with Gasteiger partial charge in [0.1, 0.15) is 0 Å². The smallest absolute Gasteiger partial charge is 0.243 e. The van der Waals surface area contributed by atoms with Crippen LogP contribution in [0.25, 0.3) is 0 Å². The molecule has 0 bridgehead atoms. The summed E-state index contributed by atoms with van der Waals surface area (Å²) in [6.07, 6.45) is 0. The second kappa shape index (κ2) is 9.20. The standard InChI is InChI=1S/C19H22ClN3O2/c1-22(12-15-7-4-3-5-8-15)14-19(25)23(2)13-18(24)21-17-10-6-9-16(20)11-17/h3-11H,12-14H2,1-2H3,(H,21,24). The van der Waals surface area contributed by atoms with E-state index in [1.165, 1.54) is 4.90 Å². The van der Waals surface area contributed by atoms with Gasteiger partial charge in [-0.1, -0.05) is 48.0 Å². The van der Waals surface area contributed by atoms with Crippen molar-refractivity contribution < 1.29 is 9.59 Å². The molecule has 0 radical (unpaired) electrons. The lowest BCUT2D eigenvalue weighted by Crippen LogP contribution is -2.40. The number of likely N-dealkylation sites (N-methyl/N-ethyl adjacent to an activating group) is 2. The van der Waals surface area contributed by atoms with E-state index in [0.29, 0.717) is 17.3 Å². The fraction of sp³-hybridized carbons (Fsp3) is 0.263. The van der Waals surface area contributed by atoms with E-state index in [-0.39, 0.29) is 24.9 Å². The molecule has 0 heterocycles. The van der Waals surface area contributed by atoms with Gasteiger partial charge < -0.3 is 10.2 Å². The molecule has 0 saturated heterocycles. The Morgan fingerprint density at radius 1 is 1.00 bits per heavy atom.